The maximum absolute atomic E-state index is 5.89. The zero-order valence-corrected chi connectivity index (χ0v) is 17.5. The zero-order chi connectivity index (χ0) is 16.5. The minimum absolute atomic E-state index is 0. The van der Waals surface area contributed by atoms with Crippen molar-refractivity contribution in [2.45, 2.75) is 52.6 Å². The normalized spacial score (nSPS) is 16.0. The molecule has 136 valence electrons. The highest BCUT2D eigenvalue weighted by molar-refractivity contribution is 14.0. The fourth-order valence-corrected chi connectivity index (χ4v) is 2.85. The van der Waals surface area contributed by atoms with Crippen LogP contribution in [0.3, 0.4) is 0 Å². The van der Waals surface area contributed by atoms with Gasteiger partial charge in [-0.05, 0) is 49.4 Å². The number of nitrogens with zero attached hydrogens (tertiary/aromatic N) is 2. The molecule has 0 atom stereocenters. The third kappa shape index (κ3) is 8.33. The molecule has 1 aromatic carbocycles. The Balaban J connectivity index is 0.00000288. The van der Waals surface area contributed by atoms with Gasteiger partial charge in [0.1, 0.15) is 0 Å². The SMILES string of the molecule is CC(C)CCNC(N)=NCc1ccc(CN2CCCCC2)cc1.I. The van der Waals surface area contributed by atoms with Gasteiger partial charge in [0.2, 0.25) is 0 Å². The number of aliphatic imine (C=N–C) groups is 1. The average molecular weight is 444 g/mol. The van der Waals surface area contributed by atoms with Gasteiger partial charge in [-0.25, -0.2) is 4.99 Å². The topological polar surface area (TPSA) is 53.6 Å². The first-order chi connectivity index (χ1) is 11.1. The highest BCUT2D eigenvalue weighted by Crippen LogP contribution is 2.13. The molecule has 1 aliphatic heterocycles. The molecule has 0 unspecified atom stereocenters. The number of piperidine rings is 1. The van der Waals surface area contributed by atoms with E-state index < -0.39 is 0 Å². The lowest BCUT2D eigenvalue weighted by Crippen LogP contribution is -2.32. The Bertz CT molecular complexity index is 479. The Morgan fingerprint density at radius 2 is 1.75 bits per heavy atom. The van der Waals surface area contributed by atoms with Crippen molar-refractivity contribution < 1.29 is 0 Å². The first-order valence-electron chi connectivity index (χ1n) is 8.97. The van der Waals surface area contributed by atoms with Gasteiger partial charge < -0.3 is 11.1 Å². The van der Waals surface area contributed by atoms with E-state index in [1.165, 1.54) is 43.5 Å². The fourth-order valence-electron chi connectivity index (χ4n) is 2.85. The quantitative estimate of drug-likeness (QED) is 0.383. The number of likely N-dealkylation sites (tertiary alicyclic amines) is 1. The predicted octanol–water partition coefficient (Wildman–Crippen LogP) is 3.74. The van der Waals surface area contributed by atoms with Crippen molar-refractivity contribution in [3.8, 4) is 0 Å². The number of hydrogen-bond donors (Lipinski definition) is 2. The van der Waals surface area contributed by atoms with Crippen molar-refractivity contribution in [2.75, 3.05) is 19.6 Å². The van der Waals surface area contributed by atoms with Crippen molar-refractivity contribution in [1.82, 2.24) is 10.2 Å². The zero-order valence-electron chi connectivity index (χ0n) is 15.1. The number of nitrogens with two attached hydrogens (primary N) is 1. The molecule has 4 nitrogen and oxygen atoms in total. The summed E-state index contributed by atoms with van der Waals surface area (Å²) in [6.45, 7) is 9.50. The molecule has 0 amide bonds. The van der Waals surface area contributed by atoms with Gasteiger partial charge in [0.25, 0.3) is 0 Å². The second-order valence-corrected chi connectivity index (χ2v) is 6.96. The Morgan fingerprint density at radius 1 is 1.12 bits per heavy atom. The first-order valence-corrected chi connectivity index (χ1v) is 8.97. The second kappa shape index (κ2) is 11.7. The van der Waals surface area contributed by atoms with Crippen LogP contribution in [-0.4, -0.2) is 30.5 Å². The van der Waals surface area contributed by atoms with E-state index in [0.717, 1.165) is 19.5 Å². The molecule has 1 aromatic rings. The first kappa shape index (κ1) is 21.2. The largest absolute Gasteiger partial charge is 0.370 e. The molecule has 0 aliphatic carbocycles. The highest BCUT2D eigenvalue weighted by Gasteiger charge is 2.10. The number of benzene rings is 1. The Morgan fingerprint density at radius 3 is 2.38 bits per heavy atom. The molecule has 24 heavy (non-hydrogen) atoms. The molecule has 1 saturated heterocycles. The summed E-state index contributed by atoms with van der Waals surface area (Å²) in [6.07, 6.45) is 5.19. The van der Waals surface area contributed by atoms with E-state index in [0.29, 0.717) is 18.4 Å². The van der Waals surface area contributed by atoms with E-state index in [-0.39, 0.29) is 24.0 Å². The maximum Gasteiger partial charge on any atom is 0.188 e. The van der Waals surface area contributed by atoms with E-state index in [1.54, 1.807) is 0 Å². The van der Waals surface area contributed by atoms with Gasteiger partial charge in [0, 0.05) is 13.1 Å². The summed E-state index contributed by atoms with van der Waals surface area (Å²) in [5.41, 5.74) is 8.49. The van der Waals surface area contributed by atoms with Gasteiger partial charge in [-0.3, -0.25) is 4.90 Å². The summed E-state index contributed by atoms with van der Waals surface area (Å²) < 4.78 is 0. The lowest BCUT2D eigenvalue weighted by atomic mass is 10.1. The van der Waals surface area contributed by atoms with Crippen molar-refractivity contribution >= 4 is 29.9 Å². The number of halogens is 1. The number of hydrogen-bond acceptors (Lipinski definition) is 2. The molecular formula is C19H33IN4. The molecule has 0 bridgehead atoms. The summed E-state index contributed by atoms with van der Waals surface area (Å²) in [6, 6.07) is 8.79. The Labute approximate surface area is 164 Å². The molecule has 0 saturated carbocycles. The lowest BCUT2D eigenvalue weighted by Gasteiger charge is -2.26. The van der Waals surface area contributed by atoms with Gasteiger partial charge in [-0.2, -0.15) is 0 Å². The third-order valence-electron chi connectivity index (χ3n) is 4.34. The van der Waals surface area contributed by atoms with Crippen molar-refractivity contribution in [3.63, 3.8) is 0 Å². The summed E-state index contributed by atoms with van der Waals surface area (Å²) in [4.78, 5) is 6.96. The maximum atomic E-state index is 5.89. The van der Waals surface area contributed by atoms with Gasteiger partial charge in [-0.1, -0.05) is 44.5 Å². The molecule has 5 heteroatoms. The van der Waals surface area contributed by atoms with Crippen LogP contribution < -0.4 is 11.1 Å². The van der Waals surface area contributed by atoms with Crippen LogP contribution in [0.4, 0.5) is 0 Å². The fraction of sp³-hybridized carbons (Fsp3) is 0.632. The molecule has 0 spiro atoms. The van der Waals surface area contributed by atoms with Crippen molar-refractivity contribution in [3.05, 3.63) is 35.4 Å². The van der Waals surface area contributed by atoms with E-state index in [4.69, 9.17) is 5.73 Å². The molecule has 1 heterocycles. The molecule has 1 fully saturated rings. The van der Waals surface area contributed by atoms with Crippen molar-refractivity contribution in [2.24, 2.45) is 16.6 Å². The Hall–Kier alpha value is -0.820. The summed E-state index contributed by atoms with van der Waals surface area (Å²) in [5.74, 6) is 1.23. The molecule has 0 aromatic heterocycles. The molecule has 2 rings (SSSR count). The van der Waals surface area contributed by atoms with Crippen LogP contribution >= 0.6 is 24.0 Å². The molecule has 1 aliphatic rings. The second-order valence-electron chi connectivity index (χ2n) is 6.96. The number of guanidine groups is 1. The third-order valence-corrected chi connectivity index (χ3v) is 4.34. The van der Waals surface area contributed by atoms with Gasteiger partial charge in [-0.15, -0.1) is 24.0 Å². The molecular weight excluding hydrogens is 411 g/mol. The summed E-state index contributed by atoms with van der Waals surface area (Å²) in [7, 11) is 0. The van der Waals surface area contributed by atoms with E-state index in [9.17, 15) is 0 Å². The van der Waals surface area contributed by atoms with E-state index in [2.05, 4.69) is 53.3 Å². The Kier molecular flexibility index (Phi) is 10.3. The summed E-state index contributed by atoms with van der Waals surface area (Å²) >= 11 is 0. The van der Waals surface area contributed by atoms with Gasteiger partial charge >= 0.3 is 0 Å². The van der Waals surface area contributed by atoms with E-state index in [1.807, 2.05) is 0 Å². The van der Waals surface area contributed by atoms with Crippen LogP contribution in [0.25, 0.3) is 0 Å². The lowest BCUT2D eigenvalue weighted by molar-refractivity contribution is 0.221. The van der Waals surface area contributed by atoms with Crippen LogP contribution in [0.5, 0.6) is 0 Å². The molecule has 3 N–H and O–H groups in total. The van der Waals surface area contributed by atoms with Gasteiger partial charge in [0.15, 0.2) is 5.96 Å². The predicted molar refractivity (Wildman–Crippen MR) is 114 cm³/mol. The van der Waals surface area contributed by atoms with Crippen LogP contribution in [-0.2, 0) is 13.1 Å². The average Bonchev–Trinajstić information content (AvgIpc) is 2.55. The van der Waals surface area contributed by atoms with Crippen molar-refractivity contribution in [1.29, 1.82) is 0 Å². The number of nitrogens with one attached hydrogen (secondary N) is 1. The highest BCUT2D eigenvalue weighted by atomic mass is 127. The standard InChI is InChI=1S/C19H32N4.HI/c1-16(2)10-11-21-19(20)22-14-17-6-8-18(9-7-17)15-23-12-4-3-5-13-23;/h6-9,16H,3-5,10-15H2,1-2H3,(H3,20,21,22);1H. The summed E-state index contributed by atoms with van der Waals surface area (Å²) in [5, 5.41) is 3.17. The number of rotatable bonds is 7. The monoisotopic (exact) mass is 444 g/mol. The van der Waals surface area contributed by atoms with Crippen LogP contribution in [0, 0.1) is 5.92 Å². The molecule has 0 radical (unpaired) electrons. The van der Waals surface area contributed by atoms with Crippen LogP contribution in [0.1, 0.15) is 50.7 Å². The minimum Gasteiger partial charge on any atom is -0.370 e. The minimum atomic E-state index is 0. The van der Waals surface area contributed by atoms with Crippen LogP contribution in [0.2, 0.25) is 0 Å². The van der Waals surface area contributed by atoms with E-state index >= 15 is 0 Å². The van der Waals surface area contributed by atoms with Gasteiger partial charge in [0.05, 0.1) is 6.54 Å². The van der Waals surface area contributed by atoms with Crippen LogP contribution in [0.15, 0.2) is 29.3 Å². The smallest absolute Gasteiger partial charge is 0.188 e.